The van der Waals surface area contributed by atoms with Crippen LogP contribution in [0.4, 0.5) is 0 Å². The smallest absolute Gasteiger partial charge is 0.113 e. The molecule has 2 aromatic carbocycles. The summed E-state index contributed by atoms with van der Waals surface area (Å²) in [5.41, 5.74) is 2.59. The topological polar surface area (TPSA) is 99.4 Å². The van der Waals surface area contributed by atoms with Crippen molar-refractivity contribution in [3.05, 3.63) is 64.2 Å². The second kappa shape index (κ2) is 10.2. The normalized spacial score (nSPS) is 31.1. The number of rotatable bonds is 6. The van der Waals surface area contributed by atoms with E-state index in [-0.39, 0.29) is 0 Å². The van der Waals surface area contributed by atoms with E-state index in [0.717, 1.165) is 30.8 Å². The van der Waals surface area contributed by atoms with Crippen molar-refractivity contribution in [3.8, 4) is 0 Å². The maximum absolute atomic E-state index is 10.4. The Bertz CT molecular complexity index is 871. The molecule has 31 heavy (non-hydrogen) atoms. The molecular formula is C23H27ClO6S. The van der Waals surface area contributed by atoms with Gasteiger partial charge in [0.1, 0.15) is 30.5 Å². The average Bonchev–Trinajstić information content (AvgIpc) is 3.28. The summed E-state index contributed by atoms with van der Waals surface area (Å²) < 4.78 is 11.1. The number of ether oxygens (including phenoxy) is 2. The maximum atomic E-state index is 10.4. The van der Waals surface area contributed by atoms with Gasteiger partial charge in [-0.2, -0.15) is 0 Å². The minimum atomic E-state index is -1.41. The number of thioether (sulfide) groups is 1. The van der Waals surface area contributed by atoms with Crippen molar-refractivity contribution < 1.29 is 29.9 Å². The molecule has 6 nitrogen and oxygen atoms in total. The zero-order valence-corrected chi connectivity index (χ0v) is 18.5. The molecular weight excluding hydrogens is 440 g/mol. The molecule has 0 amide bonds. The van der Waals surface area contributed by atoms with E-state index in [9.17, 15) is 20.4 Å². The quantitative estimate of drug-likeness (QED) is 0.518. The fourth-order valence-corrected chi connectivity index (χ4v) is 5.23. The first-order valence-corrected chi connectivity index (χ1v) is 11.6. The van der Waals surface area contributed by atoms with Gasteiger partial charge in [0, 0.05) is 21.8 Å². The second-order valence-corrected chi connectivity index (χ2v) is 9.81. The molecule has 0 bridgehead atoms. The third kappa shape index (κ3) is 5.26. The Morgan fingerprint density at radius 1 is 1.00 bits per heavy atom. The zero-order chi connectivity index (χ0) is 22.0. The van der Waals surface area contributed by atoms with Crippen LogP contribution in [-0.4, -0.2) is 69.9 Å². The molecule has 4 rings (SSSR count). The van der Waals surface area contributed by atoms with E-state index in [4.69, 9.17) is 21.1 Å². The lowest BCUT2D eigenvalue weighted by atomic mass is 9.90. The molecule has 2 heterocycles. The molecule has 4 N–H and O–H groups in total. The van der Waals surface area contributed by atoms with Gasteiger partial charge in [0.05, 0.1) is 13.2 Å². The molecule has 2 unspecified atom stereocenters. The van der Waals surface area contributed by atoms with Crippen molar-refractivity contribution in [2.75, 3.05) is 19.8 Å². The minimum absolute atomic E-state index is 0.459. The lowest BCUT2D eigenvalue weighted by Crippen LogP contribution is -2.55. The van der Waals surface area contributed by atoms with Gasteiger partial charge < -0.3 is 29.9 Å². The van der Waals surface area contributed by atoms with Crippen LogP contribution in [0.5, 0.6) is 0 Å². The molecule has 2 aliphatic heterocycles. The summed E-state index contributed by atoms with van der Waals surface area (Å²) in [4.78, 5) is 1.21. The van der Waals surface area contributed by atoms with E-state index in [0.29, 0.717) is 22.3 Å². The molecule has 0 aromatic heterocycles. The summed E-state index contributed by atoms with van der Waals surface area (Å²) in [5.74, 6) is 0. The number of hydrogen-bond donors (Lipinski definition) is 4. The van der Waals surface area contributed by atoms with E-state index in [1.165, 1.54) is 4.90 Å². The highest BCUT2D eigenvalue weighted by Gasteiger charge is 2.44. The van der Waals surface area contributed by atoms with Crippen LogP contribution in [0, 0.1) is 0 Å². The van der Waals surface area contributed by atoms with Crippen LogP contribution < -0.4 is 0 Å². The summed E-state index contributed by atoms with van der Waals surface area (Å²) in [6.07, 6.45) is -4.26. The van der Waals surface area contributed by atoms with Crippen molar-refractivity contribution >= 4 is 23.4 Å². The second-order valence-electron chi connectivity index (χ2n) is 8.02. The Hall–Kier alpha value is -1.16. The van der Waals surface area contributed by atoms with E-state index >= 15 is 0 Å². The van der Waals surface area contributed by atoms with Gasteiger partial charge in [0.25, 0.3) is 0 Å². The van der Waals surface area contributed by atoms with Gasteiger partial charge in [-0.25, -0.2) is 0 Å². The van der Waals surface area contributed by atoms with Gasteiger partial charge in [0.15, 0.2) is 0 Å². The van der Waals surface area contributed by atoms with Crippen molar-refractivity contribution in [1.29, 1.82) is 0 Å². The number of aliphatic hydroxyl groups is 4. The van der Waals surface area contributed by atoms with Crippen molar-refractivity contribution in [1.82, 2.24) is 0 Å². The fraction of sp³-hybridized carbons (Fsp3) is 0.478. The molecule has 168 valence electrons. The lowest BCUT2D eigenvalue weighted by molar-refractivity contribution is -0.231. The average molecular weight is 467 g/mol. The minimum Gasteiger partial charge on any atom is -0.394 e. The van der Waals surface area contributed by atoms with Crippen LogP contribution in [0.3, 0.4) is 0 Å². The summed E-state index contributed by atoms with van der Waals surface area (Å²) >= 11 is 8.26. The highest BCUT2D eigenvalue weighted by molar-refractivity contribution is 8.00. The Morgan fingerprint density at radius 3 is 2.45 bits per heavy atom. The zero-order valence-electron chi connectivity index (χ0n) is 16.9. The number of halogens is 1. The SMILES string of the molecule is OCC1O[C@@H](c2ccc(Cl)c(Cc3ccc(SC4CCOC4)cc3)c2)[C@H](O)[C@@H](O)[C@@H]1O. The fourth-order valence-electron chi connectivity index (χ4n) is 3.99. The van der Waals surface area contributed by atoms with E-state index in [1.807, 2.05) is 17.8 Å². The highest BCUT2D eigenvalue weighted by atomic mass is 35.5. The third-order valence-electron chi connectivity index (χ3n) is 5.80. The Morgan fingerprint density at radius 2 is 1.77 bits per heavy atom. The van der Waals surface area contributed by atoms with E-state index < -0.39 is 37.1 Å². The monoisotopic (exact) mass is 466 g/mol. The van der Waals surface area contributed by atoms with Crippen molar-refractivity contribution in [2.24, 2.45) is 0 Å². The largest absolute Gasteiger partial charge is 0.394 e. The maximum Gasteiger partial charge on any atom is 0.113 e. The van der Waals surface area contributed by atoms with Crippen molar-refractivity contribution in [3.63, 3.8) is 0 Å². The van der Waals surface area contributed by atoms with Crippen LogP contribution in [0.1, 0.15) is 29.2 Å². The van der Waals surface area contributed by atoms with Crippen LogP contribution in [0.25, 0.3) is 0 Å². The third-order valence-corrected chi connectivity index (χ3v) is 7.42. The summed E-state index contributed by atoms with van der Waals surface area (Å²) in [7, 11) is 0. The molecule has 0 radical (unpaired) electrons. The van der Waals surface area contributed by atoms with Crippen LogP contribution >= 0.6 is 23.4 Å². The van der Waals surface area contributed by atoms with Crippen molar-refractivity contribution in [2.45, 2.75) is 53.5 Å². The molecule has 2 fully saturated rings. The number of aliphatic hydroxyl groups excluding tert-OH is 4. The summed E-state index contributed by atoms with van der Waals surface area (Å²) in [6, 6.07) is 13.7. The van der Waals surface area contributed by atoms with Gasteiger partial charge >= 0.3 is 0 Å². The van der Waals surface area contributed by atoms with Gasteiger partial charge in [-0.15, -0.1) is 11.8 Å². The number of hydrogen-bond acceptors (Lipinski definition) is 7. The highest BCUT2D eigenvalue weighted by Crippen LogP contribution is 2.35. The molecule has 6 atom stereocenters. The Kier molecular flexibility index (Phi) is 7.56. The van der Waals surface area contributed by atoms with E-state index in [1.54, 1.807) is 12.1 Å². The van der Waals surface area contributed by atoms with E-state index in [2.05, 4.69) is 24.3 Å². The molecule has 2 aliphatic rings. The van der Waals surface area contributed by atoms with Gasteiger partial charge in [-0.05, 0) is 47.7 Å². The van der Waals surface area contributed by atoms with Crippen LogP contribution in [-0.2, 0) is 15.9 Å². The molecule has 0 aliphatic carbocycles. The first kappa shape index (κ1) is 23.0. The van der Waals surface area contributed by atoms with Gasteiger partial charge in [-0.1, -0.05) is 35.9 Å². The standard InChI is InChI=1S/C23H27ClO6S/c24-18-6-3-14(23-22(28)21(27)20(26)19(11-25)30-23)10-15(18)9-13-1-4-16(5-2-13)31-17-7-8-29-12-17/h1-6,10,17,19-23,25-28H,7-9,11-12H2/t17?,19?,20-,21+,22-,23+/m1/s1. The lowest BCUT2D eigenvalue weighted by Gasteiger charge is -2.40. The predicted octanol–water partition coefficient (Wildman–Crippen LogP) is 2.33. The first-order valence-electron chi connectivity index (χ1n) is 10.4. The molecule has 0 saturated carbocycles. The summed E-state index contributed by atoms with van der Waals surface area (Å²) in [5, 5.41) is 41.0. The predicted molar refractivity (Wildman–Crippen MR) is 119 cm³/mol. The molecule has 0 spiro atoms. The molecule has 8 heteroatoms. The summed E-state index contributed by atoms with van der Waals surface area (Å²) in [6.45, 7) is 1.17. The van der Waals surface area contributed by atoms with Crippen LogP contribution in [0.15, 0.2) is 47.4 Å². The Balaban J connectivity index is 1.49. The van der Waals surface area contributed by atoms with Gasteiger partial charge in [-0.3, -0.25) is 0 Å². The Labute approximate surface area is 190 Å². The van der Waals surface area contributed by atoms with Crippen LogP contribution in [0.2, 0.25) is 5.02 Å². The molecule has 2 saturated heterocycles. The number of benzene rings is 2. The van der Waals surface area contributed by atoms with Gasteiger partial charge in [0.2, 0.25) is 0 Å². The molecule has 2 aromatic rings. The first-order chi connectivity index (χ1) is 15.0.